The smallest absolute Gasteiger partial charge is 0.145 e. The first-order chi connectivity index (χ1) is 9.55. The SMILES string of the molecule is COc1cc(F)ccc1Nc1cc(C)nc(C)c1C#N. The fraction of sp³-hybridized carbons (Fsp3) is 0.200. The van der Waals surface area contributed by atoms with Crippen molar-refractivity contribution >= 4 is 11.4 Å². The van der Waals surface area contributed by atoms with Gasteiger partial charge in [-0.2, -0.15) is 5.26 Å². The molecule has 0 radical (unpaired) electrons. The van der Waals surface area contributed by atoms with Crippen LogP contribution < -0.4 is 10.1 Å². The number of methoxy groups -OCH3 is 1. The predicted octanol–water partition coefficient (Wildman–Crippen LogP) is 3.46. The molecule has 1 aromatic heterocycles. The van der Waals surface area contributed by atoms with E-state index in [1.54, 1.807) is 19.1 Å². The number of nitriles is 1. The fourth-order valence-corrected chi connectivity index (χ4v) is 1.98. The van der Waals surface area contributed by atoms with Crippen LogP contribution in [0.15, 0.2) is 24.3 Å². The Kier molecular flexibility index (Phi) is 3.85. The number of hydrogen-bond acceptors (Lipinski definition) is 4. The van der Waals surface area contributed by atoms with E-state index in [1.807, 2.05) is 6.92 Å². The van der Waals surface area contributed by atoms with E-state index >= 15 is 0 Å². The number of anilines is 2. The van der Waals surface area contributed by atoms with Crippen molar-refractivity contribution in [3.8, 4) is 11.8 Å². The van der Waals surface area contributed by atoms with Gasteiger partial charge in [0.1, 0.15) is 17.6 Å². The number of hydrogen-bond donors (Lipinski definition) is 1. The number of rotatable bonds is 3. The summed E-state index contributed by atoms with van der Waals surface area (Å²) in [5.74, 6) is -0.00370. The molecule has 0 aliphatic rings. The lowest BCUT2D eigenvalue weighted by molar-refractivity contribution is 0.413. The molecule has 102 valence electrons. The second-order valence-electron chi connectivity index (χ2n) is 4.35. The number of pyridine rings is 1. The number of aromatic nitrogens is 1. The number of benzene rings is 1. The first kappa shape index (κ1) is 13.8. The number of halogens is 1. The number of aryl methyl sites for hydroxylation is 2. The Hall–Kier alpha value is -2.61. The van der Waals surface area contributed by atoms with Crippen LogP contribution >= 0.6 is 0 Å². The minimum atomic E-state index is -0.380. The van der Waals surface area contributed by atoms with Crippen LogP contribution in [-0.2, 0) is 0 Å². The first-order valence-electron chi connectivity index (χ1n) is 6.04. The summed E-state index contributed by atoms with van der Waals surface area (Å²) in [4.78, 5) is 4.25. The van der Waals surface area contributed by atoms with Crippen LogP contribution in [0.25, 0.3) is 0 Å². The zero-order valence-electron chi connectivity index (χ0n) is 11.5. The molecule has 1 heterocycles. The van der Waals surface area contributed by atoms with Gasteiger partial charge in [0.2, 0.25) is 0 Å². The highest BCUT2D eigenvalue weighted by molar-refractivity contribution is 5.71. The predicted molar refractivity (Wildman–Crippen MR) is 74.7 cm³/mol. The average Bonchev–Trinajstić information content (AvgIpc) is 2.40. The molecule has 5 heteroatoms. The Morgan fingerprint density at radius 1 is 1.25 bits per heavy atom. The molecule has 1 N–H and O–H groups in total. The van der Waals surface area contributed by atoms with Gasteiger partial charge >= 0.3 is 0 Å². The third-order valence-electron chi connectivity index (χ3n) is 2.87. The normalized spacial score (nSPS) is 9.95. The summed E-state index contributed by atoms with van der Waals surface area (Å²) in [6.07, 6.45) is 0. The summed E-state index contributed by atoms with van der Waals surface area (Å²) in [7, 11) is 1.47. The van der Waals surface area contributed by atoms with E-state index in [1.165, 1.54) is 19.2 Å². The molecular formula is C15H14FN3O. The van der Waals surface area contributed by atoms with Crippen LogP contribution in [-0.4, -0.2) is 12.1 Å². The molecule has 0 bridgehead atoms. The Morgan fingerprint density at radius 3 is 2.65 bits per heavy atom. The maximum atomic E-state index is 13.2. The second kappa shape index (κ2) is 5.57. The molecule has 0 spiro atoms. The van der Waals surface area contributed by atoms with Crippen molar-refractivity contribution in [3.05, 3.63) is 47.0 Å². The lowest BCUT2D eigenvalue weighted by Crippen LogP contribution is -2.01. The van der Waals surface area contributed by atoms with E-state index in [4.69, 9.17) is 4.74 Å². The maximum Gasteiger partial charge on any atom is 0.145 e. The molecule has 4 nitrogen and oxygen atoms in total. The van der Waals surface area contributed by atoms with Gasteiger partial charge in [0.05, 0.1) is 29.7 Å². The molecule has 0 saturated carbocycles. The van der Waals surface area contributed by atoms with Gasteiger partial charge in [0.15, 0.2) is 0 Å². The Morgan fingerprint density at radius 2 is 2.00 bits per heavy atom. The summed E-state index contributed by atoms with van der Waals surface area (Å²) >= 11 is 0. The Labute approximate surface area is 116 Å². The molecule has 0 unspecified atom stereocenters. The molecule has 20 heavy (non-hydrogen) atoms. The summed E-state index contributed by atoms with van der Waals surface area (Å²) in [5.41, 5.74) is 3.13. The maximum absolute atomic E-state index is 13.2. The lowest BCUT2D eigenvalue weighted by Gasteiger charge is -2.13. The van der Waals surface area contributed by atoms with Crippen LogP contribution in [0.1, 0.15) is 17.0 Å². The van der Waals surface area contributed by atoms with Crippen LogP contribution in [0.3, 0.4) is 0 Å². The largest absolute Gasteiger partial charge is 0.494 e. The summed E-state index contributed by atoms with van der Waals surface area (Å²) in [5, 5.41) is 12.3. The second-order valence-corrected chi connectivity index (χ2v) is 4.35. The Balaban J connectivity index is 2.48. The van der Waals surface area contributed by atoms with E-state index in [0.29, 0.717) is 28.4 Å². The monoisotopic (exact) mass is 271 g/mol. The fourth-order valence-electron chi connectivity index (χ4n) is 1.98. The molecule has 0 aliphatic heterocycles. The molecular weight excluding hydrogens is 257 g/mol. The average molecular weight is 271 g/mol. The van der Waals surface area contributed by atoms with E-state index in [9.17, 15) is 9.65 Å². The molecule has 2 rings (SSSR count). The molecule has 0 aliphatic carbocycles. The molecule has 2 aromatic rings. The van der Waals surface area contributed by atoms with E-state index < -0.39 is 0 Å². The first-order valence-corrected chi connectivity index (χ1v) is 6.04. The van der Waals surface area contributed by atoms with Gasteiger partial charge in [-0.05, 0) is 32.0 Å². The zero-order chi connectivity index (χ0) is 14.7. The van der Waals surface area contributed by atoms with Crippen LogP contribution in [0, 0.1) is 31.0 Å². The third-order valence-corrected chi connectivity index (χ3v) is 2.87. The van der Waals surface area contributed by atoms with Crippen LogP contribution in [0.4, 0.5) is 15.8 Å². The van der Waals surface area contributed by atoms with Crippen molar-refractivity contribution in [3.63, 3.8) is 0 Å². The van der Waals surface area contributed by atoms with Crippen molar-refractivity contribution < 1.29 is 9.13 Å². The van der Waals surface area contributed by atoms with E-state index in [2.05, 4.69) is 16.4 Å². The van der Waals surface area contributed by atoms with Gasteiger partial charge < -0.3 is 10.1 Å². The Bertz CT molecular complexity index is 692. The van der Waals surface area contributed by atoms with Gasteiger partial charge in [0.25, 0.3) is 0 Å². The highest BCUT2D eigenvalue weighted by Crippen LogP contribution is 2.30. The van der Waals surface area contributed by atoms with Crippen LogP contribution in [0.5, 0.6) is 5.75 Å². The summed E-state index contributed by atoms with van der Waals surface area (Å²) < 4.78 is 18.3. The van der Waals surface area contributed by atoms with Gasteiger partial charge in [-0.3, -0.25) is 4.98 Å². The number of nitrogens with zero attached hydrogens (tertiary/aromatic N) is 2. The van der Waals surface area contributed by atoms with E-state index in [-0.39, 0.29) is 5.82 Å². The van der Waals surface area contributed by atoms with Crippen molar-refractivity contribution in [2.75, 3.05) is 12.4 Å². The summed E-state index contributed by atoms with van der Waals surface area (Å²) in [6, 6.07) is 8.08. The van der Waals surface area contributed by atoms with Gasteiger partial charge in [-0.25, -0.2) is 4.39 Å². The van der Waals surface area contributed by atoms with E-state index in [0.717, 1.165) is 5.69 Å². The van der Waals surface area contributed by atoms with Crippen LogP contribution in [0.2, 0.25) is 0 Å². The molecule has 0 fully saturated rings. The third kappa shape index (κ3) is 2.69. The van der Waals surface area contributed by atoms with Crippen molar-refractivity contribution in [2.24, 2.45) is 0 Å². The van der Waals surface area contributed by atoms with Gasteiger partial charge in [-0.1, -0.05) is 0 Å². The quantitative estimate of drug-likeness (QED) is 0.928. The van der Waals surface area contributed by atoms with Crippen molar-refractivity contribution in [1.82, 2.24) is 4.98 Å². The molecule has 1 aromatic carbocycles. The summed E-state index contributed by atoms with van der Waals surface area (Å²) in [6.45, 7) is 3.62. The molecule has 0 saturated heterocycles. The molecule has 0 amide bonds. The highest BCUT2D eigenvalue weighted by Gasteiger charge is 2.11. The minimum Gasteiger partial charge on any atom is -0.494 e. The minimum absolute atomic E-state index is 0.376. The lowest BCUT2D eigenvalue weighted by atomic mass is 10.1. The van der Waals surface area contributed by atoms with Gasteiger partial charge in [0, 0.05) is 11.8 Å². The highest BCUT2D eigenvalue weighted by atomic mass is 19.1. The number of ether oxygens (including phenoxy) is 1. The van der Waals surface area contributed by atoms with Gasteiger partial charge in [-0.15, -0.1) is 0 Å². The van der Waals surface area contributed by atoms with Crippen molar-refractivity contribution in [1.29, 1.82) is 5.26 Å². The van der Waals surface area contributed by atoms with Crippen molar-refractivity contribution in [2.45, 2.75) is 13.8 Å². The number of nitrogens with one attached hydrogen (secondary N) is 1. The zero-order valence-corrected chi connectivity index (χ0v) is 11.5. The standard InChI is InChI=1S/C15H14FN3O/c1-9-6-14(12(8-17)10(2)18-9)19-13-5-4-11(16)7-15(13)20-3/h4-7H,1-3H3,(H,18,19). The topological polar surface area (TPSA) is 57.9 Å². The molecule has 0 atom stereocenters.